The minimum atomic E-state index is -0.460. The molecule has 5 rings (SSSR count). The van der Waals surface area contributed by atoms with Crippen LogP contribution in [-0.2, 0) is 11.3 Å². The van der Waals surface area contributed by atoms with E-state index in [9.17, 15) is 14.4 Å². The maximum absolute atomic E-state index is 13.1. The van der Waals surface area contributed by atoms with Crippen molar-refractivity contribution in [1.29, 1.82) is 0 Å². The summed E-state index contributed by atoms with van der Waals surface area (Å²) in [7, 11) is 0. The van der Waals surface area contributed by atoms with Crippen LogP contribution < -0.4 is 0 Å². The minimum absolute atomic E-state index is 0.280. The number of carbonyl (C=O) groups is 3. The number of ketones is 1. The molecule has 0 saturated carbocycles. The molecule has 1 aliphatic rings. The van der Waals surface area contributed by atoms with Gasteiger partial charge in [0, 0.05) is 44.3 Å². The lowest BCUT2D eigenvalue weighted by molar-refractivity contribution is -0.122. The number of aromatic nitrogens is 1. The Morgan fingerprint density at radius 1 is 1.00 bits per heavy atom. The second-order valence-corrected chi connectivity index (χ2v) is 10.4. The van der Waals surface area contributed by atoms with Crippen molar-refractivity contribution in [2.24, 2.45) is 0 Å². The van der Waals surface area contributed by atoms with Crippen LogP contribution >= 0.6 is 39.3 Å². The summed E-state index contributed by atoms with van der Waals surface area (Å²) in [6, 6.07) is 22.3. The summed E-state index contributed by atoms with van der Waals surface area (Å²) in [5.41, 5.74) is 3.36. The molecule has 3 aromatic carbocycles. The number of imide groups is 1. The van der Waals surface area contributed by atoms with E-state index in [1.165, 1.54) is 0 Å². The van der Waals surface area contributed by atoms with Crippen molar-refractivity contribution in [2.75, 3.05) is 6.54 Å². The van der Waals surface area contributed by atoms with E-state index in [1.54, 1.807) is 36.4 Å². The predicted molar refractivity (Wildman–Crippen MR) is 144 cm³/mol. The highest BCUT2D eigenvalue weighted by atomic mass is 79.9. The van der Waals surface area contributed by atoms with Gasteiger partial charge in [-0.2, -0.15) is 0 Å². The van der Waals surface area contributed by atoms with Crippen LogP contribution in [0.1, 0.15) is 21.5 Å². The summed E-state index contributed by atoms with van der Waals surface area (Å²) >= 11 is 10.4. The normalized spacial score (nSPS) is 14.9. The summed E-state index contributed by atoms with van der Waals surface area (Å²) in [5, 5.41) is 1.18. The van der Waals surface area contributed by atoms with Gasteiger partial charge in [0.25, 0.3) is 11.1 Å². The van der Waals surface area contributed by atoms with Crippen LogP contribution in [0.3, 0.4) is 0 Å². The molecule has 4 aromatic rings. The van der Waals surface area contributed by atoms with Crippen LogP contribution in [0.2, 0.25) is 5.02 Å². The fraction of sp³-hybridized carbons (Fsp3) is 0.0741. The molecule has 0 N–H and O–H groups in total. The topological polar surface area (TPSA) is 59.4 Å². The molecule has 0 radical (unpaired) electrons. The van der Waals surface area contributed by atoms with Crippen LogP contribution in [0.4, 0.5) is 4.79 Å². The molecule has 1 saturated heterocycles. The largest absolute Gasteiger partial charge is 0.342 e. The Balaban J connectivity index is 1.45. The van der Waals surface area contributed by atoms with Crippen molar-refractivity contribution in [3.63, 3.8) is 0 Å². The fourth-order valence-corrected chi connectivity index (χ4v) is 5.28. The van der Waals surface area contributed by atoms with E-state index in [-0.39, 0.29) is 12.3 Å². The monoisotopic (exact) mass is 564 g/mol. The maximum Gasteiger partial charge on any atom is 0.293 e. The third-order valence-electron chi connectivity index (χ3n) is 5.70. The third-order valence-corrected chi connectivity index (χ3v) is 7.35. The minimum Gasteiger partial charge on any atom is -0.342 e. The highest BCUT2D eigenvalue weighted by Crippen LogP contribution is 2.35. The lowest BCUT2D eigenvalue weighted by Crippen LogP contribution is -2.33. The van der Waals surface area contributed by atoms with E-state index in [0.717, 1.165) is 43.2 Å². The standard InChI is InChI=1S/C27H18BrClN2O3S/c28-20-8-11-23-22(13-20)19(15-30(23)14-17-6-9-21(29)10-7-17)12-25-26(33)31(27(34)35-25)16-24(32)18-4-2-1-3-5-18/h1-13,15H,14,16H2/b25-12-. The summed E-state index contributed by atoms with van der Waals surface area (Å²) in [4.78, 5) is 39.5. The summed E-state index contributed by atoms with van der Waals surface area (Å²) in [6.07, 6.45) is 3.69. The Morgan fingerprint density at radius 3 is 2.49 bits per heavy atom. The molecule has 0 atom stereocenters. The molecular formula is C27H18BrClN2O3S. The molecule has 1 fully saturated rings. The van der Waals surface area contributed by atoms with Gasteiger partial charge in [0.2, 0.25) is 0 Å². The Bertz CT molecular complexity index is 1500. The molecule has 2 amide bonds. The van der Waals surface area contributed by atoms with Crippen LogP contribution in [0, 0.1) is 0 Å². The molecular weight excluding hydrogens is 548 g/mol. The molecule has 5 nitrogen and oxygen atoms in total. The zero-order valence-electron chi connectivity index (χ0n) is 18.3. The van der Waals surface area contributed by atoms with Crippen molar-refractivity contribution in [3.8, 4) is 0 Å². The molecule has 1 aliphatic heterocycles. The van der Waals surface area contributed by atoms with Crippen molar-refractivity contribution in [3.05, 3.63) is 110 Å². The zero-order valence-corrected chi connectivity index (χ0v) is 21.4. The number of hydrogen-bond donors (Lipinski definition) is 0. The number of carbonyl (C=O) groups excluding carboxylic acids is 3. The third kappa shape index (κ3) is 4.98. The van der Waals surface area contributed by atoms with Crippen LogP contribution in [0.5, 0.6) is 0 Å². The van der Waals surface area contributed by atoms with Gasteiger partial charge in [-0.15, -0.1) is 0 Å². The average Bonchev–Trinajstić information content (AvgIpc) is 3.32. The molecule has 0 spiro atoms. The van der Waals surface area contributed by atoms with Gasteiger partial charge in [-0.05, 0) is 53.7 Å². The molecule has 8 heteroatoms. The van der Waals surface area contributed by atoms with Crippen LogP contribution in [0.15, 0.2) is 88.4 Å². The Morgan fingerprint density at radius 2 is 1.74 bits per heavy atom. The first-order valence-corrected chi connectivity index (χ1v) is 12.7. The van der Waals surface area contributed by atoms with E-state index in [4.69, 9.17) is 11.6 Å². The molecule has 1 aromatic heterocycles. The second-order valence-electron chi connectivity index (χ2n) is 8.06. The number of benzene rings is 3. The molecule has 0 unspecified atom stereocenters. The highest BCUT2D eigenvalue weighted by molar-refractivity contribution is 9.10. The molecule has 0 aliphatic carbocycles. The Hall–Kier alpha value is -3.13. The van der Waals surface area contributed by atoms with Gasteiger partial charge in [0.1, 0.15) is 0 Å². The van der Waals surface area contributed by atoms with Gasteiger partial charge < -0.3 is 4.57 Å². The molecule has 174 valence electrons. The van der Waals surface area contributed by atoms with E-state index in [2.05, 4.69) is 20.5 Å². The Kier molecular flexibility index (Phi) is 6.65. The molecule has 2 heterocycles. The van der Waals surface area contributed by atoms with Crippen molar-refractivity contribution in [1.82, 2.24) is 9.47 Å². The van der Waals surface area contributed by atoms with E-state index < -0.39 is 11.1 Å². The van der Waals surface area contributed by atoms with Crippen LogP contribution in [-0.4, -0.2) is 32.9 Å². The summed E-state index contributed by atoms with van der Waals surface area (Å²) < 4.78 is 3.01. The molecule has 35 heavy (non-hydrogen) atoms. The van der Waals surface area contributed by atoms with E-state index >= 15 is 0 Å². The number of nitrogens with zero attached hydrogens (tertiary/aromatic N) is 2. The number of amides is 2. The fourth-order valence-electron chi connectivity index (χ4n) is 3.97. The van der Waals surface area contributed by atoms with Crippen molar-refractivity contribution >= 4 is 73.2 Å². The first-order chi connectivity index (χ1) is 16.9. The number of thioether (sulfide) groups is 1. The summed E-state index contributed by atoms with van der Waals surface area (Å²) in [5.74, 6) is -0.740. The van der Waals surface area contributed by atoms with Crippen LogP contribution in [0.25, 0.3) is 17.0 Å². The van der Waals surface area contributed by atoms with Gasteiger partial charge >= 0.3 is 0 Å². The van der Waals surface area contributed by atoms with Crippen molar-refractivity contribution in [2.45, 2.75) is 6.54 Å². The predicted octanol–water partition coefficient (Wildman–Crippen LogP) is 7.02. The van der Waals surface area contributed by atoms with Gasteiger partial charge in [-0.1, -0.05) is 70.0 Å². The quantitative estimate of drug-likeness (QED) is 0.186. The second kappa shape index (κ2) is 9.85. The van der Waals surface area contributed by atoms with Gasteiger partial charge in [-0.25, -0.2) is 0 Å². The zero-order chi connectivity index (χ0) is 24.5. The van der Waals surface area contributed by atoms with Gasteiger partial charge in [0.05, 0.1) is 11.4 Å². The Labute approximate surface area is 219 Å². The smallest absolute Gasteiger partial charge is 0.293 e. The SMILES string of the molecule is O=C(CN1C(=O)S/C(=C\c2cn(Cc3ccc(Cl)cc3)c3ccc(Br)cc23)C1=O)c1ccccc1. The lowest BCUT2D eigenvalue weighted by Gasteiger charge is -2.11. The molecule has 0 bridgehead atoms. The average molecular weight is 566 g/mol. The maximum atomic E-state index is 13.1. The van der Waals surface area contributed by atoms with E-state index in [0.29, 0.717) is 22.0 Å². The van der Waals surface area contributed by atoms with Gasteiger partial charge in [0.15, 0.2) is 5.78 Å². The first-order valence-electron chi connectivity index (χ1n) is 10.8. The summed E-state index contributed by atoms with van der Waals surface area (Å²) in [6.45, 7) is 0.339. The number of fused-ring (bicyclic) bond motifs is 1. The van der Waals surface area contributed by atoms with Gasteiger partial charge in [-0.3, -0.25) is 19.3 Å². The van der Waals surface area contributed by atoms with Crippen molar-refractivity contribution < 1.29 is 14.4 Å². The first kappa shape index (κ1) is 23.6. The number of Topliss-reactive ketones (excluding diaryl/α,β-unsaturated/α-hetero) is 1. The highest BCUT2D eigenvalue weighted by Gasteiger charge is 2.36. The number of halogens is 2. The number of hydrogen-bond acceptors (Lipinski definition) is 4. The lowest BCUT2D eigenvalue weighted by atomic mass is 10.1. The number of rotatable bonds is 6. The van der Waals surface area contributed by atoms with E-state index in [1.807, 2.05) is 48.7 Å².